The third-order valence-corrected chi connectivity index (χ3v) is 6.30. The van der Waals surface area contributed by atoms with Crippen molar-refractivity contribution >= 4 is 27.6 Å². The maximum atomic E-state index is 11.7. The Bertz CT molecular complexity index is 669. The van der Waals surface area contributed by atoms with Crippen LogP contribution in [0.25, 0.3) is 0 Å². The Morgan fingerprint density at radius 3 is 2.86 bits per heavy atom. The average Bonchev–Trinajstić information content (AvgIpc) is 3.02. The van der Waals surface area contributed by atoms with Gasteiger partial charge in [0.2, 0.25) is 0 Å². The van der Waals surface area contributed by atoms with E-state index >= 15 is 0 Å². The minimum atomic E-state index is -2.99. The van der Waals surface area contributed by atoms with Crippen molar-refractivity contribution in [1.82, 2.24) is 14.8 Å². The van der Waals surface area contributed by atoms with Crippen molar-refractivity contribution in [3.63, 3.8) is 0 Å². The minimum Gasteiger partial charge on any atom is -0.468 e. The monoisotopic (exact) mass is 345 g/mol. The standard InChI is InChI=1S/C13H19N3O4S2/c1-4-6-16-11(10-5-7-22(18,19)8-10)14-15-13(16)21-9(2)12(17)20-3/h4,9-10H,1,5-8H2,2-3H3/t9-,10-/m0/s1. The lowest BCUT2D eigenvalue weighted by Crippen LogP contribution is -2.16. The molecular weight excluding hydrogens is 326 g/mol. The maximum Gasteiger partial charge on any atom is 0.318 e. The van der Waals surface area contributed by atoms with Gasteiger partial charge in [-0.25, -0.2) is 8.42 Å². The molecule has 0 aromatic carbocycles. The van der Waals surface area contributed by atoms with Crippen LogP contribution in [0.2, 0.25) is 0 Å². The smallest absolute Gasteiger partial charge is 0.318 e. The van der Waals surface area contributed by atoms with E-state index in [1.165, 1.54) is 18.9 Å². The van der Waals surface area contributed by atoms with Gasteiger partial charge < -0.3 is 9.30 Å². The summed E-state index contributed by atoms with van der Waals surface area (Å²) in [6.07, 6.45) is 2.25. The number of hydrogen-bond acceptors (Lipinski definition) is 7. The van der Waals surface area contributed by atoms with E-state index in [0.29, 0.717) is 23.9 Å². The molecule has 1 aromatic heterocycles. The molecule has 1 aliphatic heterocycles. The largest absolute Gasteiger partial charge is 0.468 e. The van der Waals surface area contributed by atoms with Crippen LogP contribution in [0.3, 0.4) is 0 Å². The number of carbonyl (C=O) groups is 1. The summed E-state index contributed by atoms with van der Waals surface area (Å²) in [6, 6.07) is 0. The number of aromatic nitrogens is 3. The van der Waals surface area contributed by atoms with E-state index in [4.69, 9.17) is 4.74 Å². The van der Waals surface area contributed by atoms with Gasteiger partial charge in [0.05, 0.1) is 18.6 Å². The lowest BCUT2D eigenvalue weighted by molar-refractivity contribution is -0.139. The number of hydrogen-bond donors (Lipinski definition) is 0. The number of esters is 1. The molecule has 1 aromatic rings. The molecule has 1 saturated heterocycles. The summed E-state index contributed by atoms with van der Waals surface area (Å²) in [7, 11) is -1.66. The SMILES string of the molecule is C=CCn1c(S[C@@H](C)C(=O)OC)nnc1[C@H]1CCS(=O)(=O)C1. The van der Waals surface area contributed by atoms with E-state index in [1.807, 2.05) is 4.57 Å². The average molecular weight is 345 g/mol. The Kier molecular flexibility index (Phi) is 5.28. The van der Waals surface area contributed by atoms with Crippen LogP contribution in [-0.4, -0.2) is 53.0 Å². The van der Waals surface area contributed by atoms with Crippen molar-refractivity contribution in [3.05, 3.63) is 18.5 Å². The molecule has 0 spiro atoms. The number of allylic oxidation sites excluding steroid dienone is 1. The van der Waals surface area contributed by atoms with Gasteiger partial charge in [-0.1, -0.05) is 17.8 Å². The predicted octanol–water partition coefficient (Wildman–Crippen LogP) is 1.02. The fraction of sp³-hybridized carbons (Fsp3) is 0.615. The van der Waals surface area contributed by atoms with Crippen molar-refractivity contribution in [2.75, 3.05) is 18.6 Å². The van der Waals surface area contributed by atoms with Crippen molar-refractivity contribution in [1.29, 1.82) is 0 Å². The molecule has 0 saturated carbocycles. The van der Waals surface area contributed by atoms with Crippen molar-refractivity contribution in [2.24, 2.45) is 0 Å². The molecule has 2 rings (SSSR count). The van der Waals surface area contributed by atoms with Gasteiger partial charge in [-0.15, -0.1) is 16.8 Å². The van der Waals surface area contributed by atoms with Gasteiger partial charge in [-0.05, 0) is 13.3 Å². The van der Waals surface area contributed by atoms with Gasteiger partial charge in [-0.3, -0.25) is 4.79 Å². The molecule has 9 heteroatoms. The number of rotatable bonds is 6. The van der Waals surface area contributed by atoms with Gasteiger partial charge >= 0.3 is 5.97 Å². The Morgan fingerprint density at radius 2 is 2.32 bits per heavy atom. The summed E-state index contributed by atoms with van der Waals surface area (Å²) >= 11 is 1.24. The second-order valence-electron chi connectivity index (χ2n) is 5.12. The van der Waals surface area contributed by atoms with E-state index in [0.717, 1.165) is 0 Å². The minimum absolute atomic E-state index is 0.0967. The van der Waals surface area contributed by atoms with E-state index in [2.05, 4.69) is 16.8 Å². The van der Waals surface area contributed by atoms with Crippen molar-refractivity contribution in [2.45, 2.75) is 36.2 Å². The van der Waals surface area contributed by atoms with Gasteiger partial charge in [0, 0.05) is 12.5 Å². The normalized spacial score (nSPS) is 21.5. The zero-order chi connectivity index (χ0) is 16.3. The van der Waals surface area contributed by atoms with E-state index in [9.17, 15) is 13.2 Å². The van der Waals surface area contributed by atoms with Crippen LogP contribution in [-0.2, 0) is 25.9 Å². The number of methoxy groups -OCH3 is 1. The molecule has 1 aliphatic rings. The Hall–Kier alpha value is -1.35. The first-order valence-corrected chi connectivity index (χ1v) is 9.57. The lowest BCUT2D eigenvalue weighted by Gasteiger charge is -2.12. The number of ether oxygens (including phenoxy) is 1. The summed E-state index contributed by atoms with van der Waals surface area (Å²) in [6.45, 7) is 5.90. The molecule has 0 unspecified atom stereocenters. The maximum absolute atomic E-state index is 11.7. The fourth-order valence-corrected chi connectivity index (χ4v) is 4.99. The highest BCUT2D eigenvalue weighted by atomic mass is 32.2. The molecule has 0 radical (unpaired) electrons. The van der Waals surface area contributed by atoms with Crippen LogP contribution in [0.5, 0.6) is 0 Å². The molecule has 2 atom stereocenters. The Labute approximate surface area is 134 Å². The first-order valence-electron chi connectivity index (χ1n) is 6.87. The molecule has 7 nitrogen and oxygen atoms in total. The Morgan fingerprint density at radius 1 is 1.59 bits per heavy atom. The van der Waals surface area contributed by atoms with Crippen LogP contribution >= 0.6 is 11.8 Å². The van der Waals surface area contributed by atoms with Crippen LogP contribution in [0.4, 0.5) is 0 Å². The topological polar surface area (TPSA) is 91.2 Å². The quantitative estimate of drug-likeness (QED) is 0.432. The van der Waals surface area contributed by atoms with E-state index in [1.54, 1.807) is 13.0 Å². The summed E-state index contributed by atoms with van der Waals surface area (Å²) in [5.41, 5.74) is 0. The number of nitrogens with zero attached hydrogens (tertiary/aromatic N) is 3. The summed E-state index contributed by atoms with van der Waals surface area (Å²) in [4.78, 5) is 11.5. The number of sulfone groups is 1. The van der Waals surface area contributed by atoms with Crippen LogP contribution in [0.1, 0.15) is 25.1 Å². The number of thioether (sulfide) groups is 1. The van der Waals surface area contributed by atoms with Crippen molar-refractivity contribution < 1.29 is 17.9 Å². The predicted molar refractivity (Wildman–Crippen MR) is 83.6 cm³/mol. The summed E-state index contributed by atoms with van der Waals surface area (Å²) < 4.78 is 29.8. The van der Waals surface area contributed by atoms with Crippen molar-refractivity contribution in [3.8, 4) is 0 Å². The molecular formula is C13H19N3O4S2. The van der Waals surface area contributed by atoms with E-state index < -0.39 is 15.1 Å². The molecule has 0 amide bonds. The molecule has 2 heterocycles. The van der Waals surface area contributed by atoms with Crippen LogP contribution in [0, 0.1) is 0 Å². The van der Waals surface area contributed by atoms with Gasteiger partial charge in [0.1, 0.15) is 11.1 Å². The first-order chi connectivity index (χ1) is 10.4. The first kappa shape index (κ1) is 17.0. The van der Waals surface area contributed by atoms with E-state index in [-0.39, 0.29) is 23.4 Å². The fourth-order valence-electron chi connectivity index (χ4n) is 2.36. The highest BCUT2D eigenvalue weighted by Gasteiger charge is 2.33. The Balaban J connectivity index is 2.25. The lowest BCUT2D eigenvalue weighted by atomic mass is 10.1. The highest BCUT2D eigenvalue weighted by molar-refractivity contribution is 8.00. The molecule has 122 valence electrons. The van der Waals surface area contributed by atoms with Crippen LogP contribution < -0.4 is 0 Å². The molecule has 0 N–H and O–H groups in total. The third kappa shape index (κ3) is 3.70. The number of carbonyl (C=O) groups excluding carboxylic acids is 1. The second kappa shape index (κ2) is 6.82. The zero-order valence-corrected chi connectivity index (χ0v) is 14.2. The summed E-state index contributed by atoms with van der Waals surface area (Å²) in [5, 5.41) is 8.41. The van der Waals surface area contributed by atoms with Crippen LogP contribution in [0.15, 0.2) is 17.8 Å². The van der Waals surface area contributed by atoms with Gasteiger partial charge in [0.15, 0.2) is 15.0 Å². The molecule has 0 aliphatic carbocycles. The second-order valence-corrected chi connectivity index (χ2v) is 8.66. The zero-order valence-electron chi connectivity index (χ0n) is 12.6. The third-order valence-electron chi connectivity index (χ3n) is 3.47. The van der Waals surface area contributed by atoms with Gasteiger partial charge in [-0.2, -0.15) is 0 Å². The molecule has 0 bridgehead atoms. The molecule has 22 heavy (non-hydrogen) atoms. The highest BCUT2D eigenvalue weighted by Crippen LogP contribution is 2.31. The van der Waals surface area contributed by atoms with Gasteiger partial charge in [0.25, 0.3) is 0 Å². The summed E-state index contributed by atoms with van der Waals surface area (Å²) in [5.74, 6) is 0.419. The molecule has 1 fully saturated rings.